The Morgan fingerprint density at radius 1 is 1.07 bits per heavy atom. The van der Waals surface area contributed by atoms with Crippen LogP contribution in [0.2, 0.25) is 0 Å². The van der Waals surface area contributed by atoms with Crippen LogP contribution in [0.25, 0.3) is 0 Å². The highest BCUT2D eigenvalue weighted by atomic mass is 32.1. The van der Waals surface area contributed by atoms with Crippen LogP contribution in [0.1, 0.15) is 47.4 Å². The molecule has 5 rings (SSSR count). The number of rotatable bonds is 5. The highest BCUT2D eigenvalue weighted by molar-refractivity contribution is 7.10. The number of benzene rings is 1. The molecular weight excluding hydrogens is 394 g/mol. The van der Waals surface area contributed by atoms with Crippen LogP contribution in [-0.2, 0) is 4.79 Å². The summed E-state index contributed by atoms with van der Waals surface area (Å²) in [5.41, 5.74) is 2.25. The minimum Gasteiger partial charge on any atom is -0.463 e. The predicted octanol–water partition coefficient (Wildman–Crippen LogP) is 4.90. The molecule has 2 aliphatic rings. The summed E-state index contributed by atoms with van der Waals surface area (Å²) in [5, 5.41) is 8.42. The first-order chi connectivity index (χ1) is 14.8. The molecule has 5 nitrogen and oxygen atoms in total. The van der Waals surface area contributed by atoms with E-state index in [-0.39, 0.29) is 11.9 Å². The van der Waals surface area contributed by atoms with E-state index in [1.165, 1.54) is 5.56 Å². The zero-order valence-corrected chi connectivity index (χ0v) is 17.6. The molecule has 1 atom stereocenters. The van der Waals surface area contributed by atoms with Gasteiger partial charge in [0, 0.05) is 11.3 Å². The van der Waals surface area contributed by atoms with Crippen LogP contribution in [0.15, 0.2) is 75.8 Å². The van der Waals surface area contributed by atoms with Gasteiger partial charge in [-0.05, 0) is 61.0 Å². The highest BCUT2D eigenvalue weighted by Crippen LogP contribution is 2.35. The lowest BCUT2D eigenvalue weighted by molar-refractivity contribution is -0.134. The summed E-state index contributed by atoms with van der Waals surface area (Å²) >= 11 is 1.67. The van der Waals surface area contributed by atoms with Gasteiger partial charge in [-0.2, -0.15) is 5.10 Å². The molecule has 0 radical (unpaired) electrons. The normalized spacial score (nSPS) is 20.5. The lowest BCUT2D eigenvalue weighted by Gasteiger charge is -2.33. The second-order valence-electron chi connectivity index (χ2n) is 7.96. The molecule has 1 aromatic carbocycles. The Labute approximate surface area is 180 Å². The maximum Gasteiger partial charge on any atom is 0.257 e. The van der Waals surface area contributed by atoms with Crippen molar-refractivity contribution in [2.45, 2.75) is 31.2 Å². The molecule has 0 N–H and O–H groups in total. The first-order valence-corrected chi connectivity index (χ1v) is 11.4. The molecule has 3 aromatic rings. The molecule has 1 saturated heterocycles. The lowest BCUT2D eigenvalue weighted by atomic mass is 9.89. The van der Waals surface area contributed by atoms with E-state index in [4.69, 9.17) is 4.42 Å². The van der Waals surface area contributed by atoms with Gasteiger partial charge in [0.05, 0.1) is 18.8 Å². The molecule has 4 heterocycles. The second-order valence-corrected chi connectivity index (χ2v) is 8.94. The Morgan fingerprint density at radius 3 is 2.60 bits per heavy atom. The van der Waals surface area contributed by atoms with Crippen LogP contribution in [0.3, 0.4) is 0 Å². The summed E-state index contributed by atoms with van der Waals surface area (Å²) in [4.78, 5) is 16.7. The summed E-state index contributed by atoms with van der Waals surface area (Å²) in [7, 11) is 0. The number of furan rings is 1. The number of likely N-dealkylation sites (tertiary alicyclic amines) is 1. The van der Waals surface area contributed by atoms with E-state index in [0.29, 0.717) is 18.9 Å². The fraction of sp³-hybridized carbons (Fsp3) is 0.333. The Morgan fingerprint density at radius 2 is 1.90 bits per heavy atom. The molecule has 0 saturated carbocycles. The van der Waals surface area contributed by atoms with Crippen molar-refractivity contribution < 1.29 is 9.21 Å². The molecule has 154 valence electrons. The number of hydrogen-bond acceptors (Lipinski definition) is 5. The van der Waals surface area contributed by atoms with Gasteiger partial charge in [0.2, 0.25) is 0 Å². The van der Waals surface area contributed by atoms with Crippen LogP contribution in [0.5, 0.6) is 0 Å². The van der Waals surface area contributed by atoms with Gasteiger partial charge >= 0.3 is 0 Å². The topological polar surface area (TPSA) is 49.1 Å². The van der Waals surface area contributed by atoms with Gasteiger partial charge in [0.15, 0.2) is 0 Å². The van der Waals surface area contributed by atoms with E-state index in [0.717, 1.165) is 42.3 Å². The third-order valence-electron chi connectivity index (χ3n) is 6.06. The minimum atomic E-state index is -0.0422. The summed E-state index contributed by atoms with van der Waals surface area (Å²) in [6.45, 7) is 2.30. The molecule has 1 unspecified atom stereocenters. The summed E-state index contributed by atoms with van der Waals surface area (Å²) in [6, 6.07) is 18.6. The Balaban J connectivity index is 1.26. The number of thiophene rings is 1. The maximum atomic E-state index is 13.2. The first kappa shape index (κ1) is 19.3. The molecule has 1 fully saturated rings. The zero-order valence-electron chi connectivity index (χ0n) is 16.8. The lowest BCUT2D eigenvalue weighted by Crippen LogP contribution is -2.41. The van der Waals surface area contributed by atoms with Gasteiger partial charge in [-0.1, -0.05) is 36.4 Å². The molecule has 6 heteroatoms. The van der Waals surface area contributed by atoms with Gasteiger partial charge in [-0.15, -0.1) is 11.3 Å². The van der Waals surface area contributed by atoms with Crippen molar-refractivity contribution in [2.75, 3.05) is 19.6 Å². The van der Waals surface area contributed by atoms with E-state index in [9.17, 15) is 4.79 Å². The average Bonchev–Trinajstić information content (AvgIpc) is 3.56. The summed E-state index contributed by atoms with van der Waals surface area (Å²) < 4.78 is 5.54. The smallest absolute Gasteiger partial charge is 0.257 e. The van der Waals surface area contributed by atoms with Crippen molar-refractivity contribution in [3.05, 3.63) is 82.4 Å². The quantitative estimate of drug-likeness (QED) is 0.591. The fourth-order valence-corrected chi connectivity index (χ4v) is 5.26. The molecule has 0 aliphatic carbocycles. The van der Waals surface area contributed by atoms with Gasteiger partial charge in [-0.25, -0.2) is 5.01 Å². The summed E-state index contributed by atoms with van der Waals surface area (Å²) in [5.74, 6) is 1.40. The van der Waals surface area contributed by atoms with Crippen molar-refractivity contribution in [2.24, 2.45) is 5.10 Å². The van der Waals surface area contributed by atoms with Crippen molar-refractivity contribution in [1.29, 1.82) is 0 Å². The van der Waals surface area contributed by atoms with E-state index in [2.05, 4.69) is 51.8 Å². The van der Waals surface area contributed by atoms with Gasteiger partial charge in [0.1, 0.15) is 11.5 Å². The summed E-state index contributed by atoms with van der Waals surface area (Å²) in [6.07, 6.45) is 4.52. The van der Waals surface area contributed by atoms with E-state index >= 15 is 0 Å². The highest BCUT2D eigenvalue weighted by Gasteiger charge is 2.35. The molecular formula is C24H25N3O2S. The Hall–Kier alpha value is -2.70. The third kappa shape index (κ3) is 3.98. The first-order valence-electron chi connectivity index (χ1n) is 10.5. The second kappa shape index (κ2) is 8.58. The zero-order chi connectivity index (χ0) is 20.3. The molecule has 2 aliphatic heterocycles. The third-order valence-corrected chi connectivity index (χ3v) is 7.03. The van der Waals surface area contributed by atoms with Crippen LogP contribution >= 0.6 is 11.3 Å². The fourth-order valence-electron chi connectivity index (χ4n) is 4.45. The largest absolute Gasteiger partial charge is 0.463 e. The number of carbonyl (C=O) groups is 1. The number of piperidine rings is 1. The van der Waals surface area contributed by atoms with E-state index in [1.807, 2.05) is 18.2 Å². The SMILES string of the molecule is O=C(CN1CCC(c2ccccc2)CC1)N1N=C(c2ccco2)CC1c1cccs1. The van der Waals surface area contributed by atoms with E-state index in [1.54, 1.807) is 22.6 Å². The van der Waals surface area contributed by atoms with Crippen molar-refractivity contribution in [3.63, 3.8) is 0 Å². The average molecular weight is 420 g/mol. The molecule has 0 bridgehead atoms. The molecule has 30 heavy (non-hydrogen) atoms. The van der Waals surface area contributed by atoms with Crippen molar-refractivity contribution >= 4 is 23.0 Å². The molecule has 0 spiro atoms. The maximum absolute atomic E-state index is 13.2. The Bertz CT molecular complexity index is 991. The van der Waals surface area contributed by atoms with Crippen molar-refractivity contribution in [3.8, 4) is 0 Å². The number of carbonyl (C=O) groups excluding carboxylic acids is 1. The van der Waals surface area contributed by atoms with Crippen LogP contribution < -0.4 is 0 Å². The standard InChI is InChI=1S/C24H25N3O2S/c28-24(17-26-12-10-19(11-13-26)18-6-2-1-3-7-18)27-21(23-9-5-15-30-23)16-20(25-27)22-8-4-14-29-22/h1-9,14-15,19,21H,10-13,16-17H2. The predicted molar refractivity (Wildman–Crippen MR) is 119 cm³/mol. The van der Waals surface area contributed by atoms with Crippen LogP contribution in [-0.4, -0.2) is 41.2 Å². The monoisotopic (exact) mass is 419 g/mol. The van der Waals surface area contributed by atoms with E-state index < -0.39 is 0 Å². The van der Waals surface area contributed by atoms with Gasteiger partial charge in [-0.3, -0.25) is 9.69 Å². The number of hydrazone groups is 1. The van der Waals surface area contributed by atoms with Gasteiger partial charge in [0.25, 0.3) is 5.91 Å². The van der Waals surface area contributed by atoms with Crippen LogP contribution in [0.4, 0.5) is 0 Å². The molecule has 1 amide bonds. The van der Waals surface area contributed by atoms with Crippen molar-refractivity contribution in [1.82, 2.24) is 9.91 Å². The Kier molecular flexibility index (Phi) is 5.51. The number of amides is 1. The van der Waals surface area contributed by atoms with Crippen LogP contribution in [0, 0.1) is 0 Å². The number of hydrogen-bond donors (Lipinski definition) is 0. The molecule has 2 aromatic heterocycles. The number of nitrogens with zero attached hydrogens (tertiary/aromatic N) is 3. The van der Waals surface area contributed by atoms with Gasteiger partial charge < -0.3 is 4.42 Å². The minimum absolute atomic E-state index is 0.0422.